The van der Waals surface area contributed by atoms with Crippen LogP contribution in [0.1, 0.15) is 63.5 Å². The van der Waals surface area contributed by atoms with E-state index in [1.807, 2.05) is 12.1 Å². The van der Waals surface area contributed by atoms with Gasteiger partial charge in [-0.25, -0.2) is 0 Å². The maximum atomic E-state index is 11.9. The smallest absolute Gasteiger partial charge is 0.282 e. The van der Waals surface area contributed by atoms with E-state index in [0.29, 0.717) is 5.39 Å². The van der Waals surface area contributed by atoms with Crippen LogP contribution in [0, 0.1) is 0 Å². The van der Waals surface area contributed by atoms with Crippen LogP contribution in [0.4, 0.5) is 0 Å². The van der Waals surface area contributed by atoms with Crippen molar-refractivity contribution < 1.29 is 13.0 Å². The first kappa shape index (κ1) is 18.9. The molecule has 0 aromatic heterocycles. The lowest BCUT2D eigenvalue weighted by Gasteiger charge is -2.14. The highest BCUT2D eigenvalue weighted by molar-refractivity contribution is 7.86. The molecule has 0 aliphatic carbocycles. The Hall–Kier alpha value is -1.39. The van der Waals surface area contributed by atoms with Gasteiger partial charge in [0.2, 0.25) is 0 Å². The first-order valence-corrected chi connectivity index (χ1v) is 10.4. The van der Waals surface area contributed by atoms with E-state index in [9.17, 15) is 13.0 Å². The van der Waals surface area contributed by atoms with E-state index in [-0.39, 0.29) is 4.90 Å². The maximum absolute atomic E-state index is 11.9. The second kappa shape index (κ2) is 8.63. The van der Waals surface area contributed by atoms with Crippen LogP contribution in [0.3, 0.4) is 0 Å². The van der Waals surface area contributed by atoms with E-state index in [0.717, 1.165) is 62.3 Å². The number of fused-ring (bicyclic) bond motifs is 1. The number of hydrogen-bond donors (Lipinski definition) is 1. The minimum atomic E-state index is -4.22. The summed E-state index contributed by atoms with van der Waals surface area (Å²) in [6.07, 6.45) is 8.46. The molecule has 0 aliphatic rings. The van der Waals surface area contributed by atoms with Crippen molar-refractivity contribution in [3.05, 3.63) is 41.5 Å². The first-order chi connectivity index (χ1) is 11.5. The van der Waals surface area contributed by atoms with Gasteiger partial charge in [0.15, 0.2) is 0 Å². The molecule has 0 aliphatic heterocycles. The number of benzene rings is 2. The fraction of sp³-hybridized carbons (Fsp3) is 0.500. The second-order valence-electron chi connectivity index (χ2n) is 6.45. The van der Waals surface area contributed by atoms with Gasteiger partial charge in [0.1, 0.15) is 4.90 Å². The molecule has 0 spiro atoms. The lowest BCUT2D eigenvalue weighted by Crippen LogP contribution is -2.03. The summed E-state index contributed by atoms with van der Waals surface area (Å²) in [4.78, 5) is 0.0452. The fourth-order valence-corrected chi connectivity index (χ4v) is 4.03. The molecule has 0 bridgehead atoms. The van der Waals surface area contributed by atoms with E-state index in [1.165, 1.54) is 11.6 Å². The van der Waals surface area contributed by atoms with Gasteiger partial charge in [-0.1, -0.05) is 63.8 Å². The minimum Gasteiger partial charge on any atom is -0.282 e. The summed E-state index contributed by atoms with van der Waals surface area (Å²) in [5.74, 6) is 0. The molecular formula is C20H28O3S. The predicted octanol–water partition coefficient (Wildman–Crippen LogP) is 5.55. The number of aryl methyl sites for hydroxylation is 2. The number of rotatable bonds is 9. The average Bonchev–Trinajstić information content (AvgIpc) is 2.55. The molecule has 0 unspecified atom stereocenters. The Morgan fingerprint density at radius 2 is 1.42 bits per heavy atom. The summed E-state index contributed by atoms with van der Waals surface area (Å²) in [6, 6.07) is 9.40. The maximum Gasteiger partial charge on any atom is 0.295 e. The number of unbranched alkanes of at least 4 members (excludes halogenated alkanes) is 4. The summed E-state index contributed by atoms with van der Waals surface area (Å²) < 4.78 is 33.4. The molecule has 132 valence electrons. The monoisotopic (exact) mass is 348 g/mol. The van der Waals surface area contributed by atoms with Crippen LogP contribution < -0.4 is 0 Å². The lowest BCUT2D eigenvalue weighted by atomic mass is 9.94. The predicted molar refractivity (Wildman–Crippen MR) is 100 cm³/mol. The molecule has 0 saturated heterocycles. The van der Waals surface area contributed by atoms with Gasteiger partial charge >= 0.3 is 0 Å². The Labute approximate surface area is 145 Å². The quantitative estimate of drug-likeness (QED) is 0.477. The highest BCUT2D eigenvalue weighted by Crippen LogP contribution is 2.31. The Morgan fingerprint density at radius 3 is 2.00 bits per heavy atom. The van der Waals surface area contributed by atoms with Crippen LogP contribution in [0.25, 0.3) is 10.8 Å². The zero-order chi connectivity index (χ0) is 17.6. The summed E-state index contributed by atoms with van der Waals surface area (Å²) in [5.41, 5.74) is 2.19. The summed E-state index contributed by atoms with van der Waals surface area (Å²) in [7, 11) is -4.22. The van der Waals surface area contributed by atoms with Gasteiger partial charge < -0.3 is 0 Å². The fourth-order valence-electron chi connectivity index (χ4n) is 3.28. The molecule has 4 heteroatoms. The summed E-state index contributed by atoms with van der Waals surface area (Å²) >= 11 is 0. The molecule has 24 heavy (non-hydrogen) atoms. The van der Waals surface area contributed by atoms with Gasteiger partial charge in [-0.15, -0.1) is 0 Å². The highest BCUT2D eigenvalue weighted by Gasteiger charge is 2.18. The van der Waals surface area contributed by atoms with Crippen molar-refractivity contribution >= 4 is 20.9 Å². The topological polar surface area (TPSA) is 54.4 Å². The van der Waals surface area contributed by atoms with Crippen molar-refractivity contribution in [2.75, 3.05) is 0 Å². The molecule has 0 amide bonds. The molecule has 1 N–H and O–H groups in total. The zero-order valence-corrected chi connectivity index (χ0v) is 15.5. The Morgan fingerprint density at radius 1 is 0.833 bits per heavy atom. The molecular weight excluding hydrogens is 320 g/mol. The third-order valence-electron chi connectivity index (χ3n) is 4.56. The first-order valence-electron chi connectivity index (χ1n) is 9.00. The van der Waals surface area contributed by atoms with E-state index in [2.05, 4.69) is 19.9 Å². The molecule has 0 radical (unpaired) electrons. The largest absolute Gasteiger partial charge is 0.295 e. The molecule has 3 nitrogen and oxygen atoms in total. The van der Waals surface area contributed by atoms with Gasteiger partial charge in [-0.2, -0.15) is 8.42 Å². The van der Waals surface area contributed by atoms with E-state index in [1.54, 1.807) is 6.07 Å². The average molecular weight is 349 g/mol. The molecule has 2 rings (SSSR count). The van der Waals surface area contributed by atoms with Crippen LogP contribution >= 0.6 is 0 Å². The third kappa shape index (κ3) is 4.58. The standard InChI is InChI=1S/C20H28O3S/c1-3-5-7-10-16-14-15-17(11-8-6-4-2)20-18(16)12-9-13-19(20)24(21,22)23/h9,12-15H,3-8,10-11H2,1-2H3,(H,21,22,23). The van der Waals surface area contributed by atoms with E-state index in [4.69, 9.17) is 0 Å². The highest BCUT2D eigenvalue weighted by atomic mass is 32.2. The van der Waals surface area contributed by atoms with Gasteiger partial charge in [0.05, 0.1) is 0 Å². The van der Waals surface area contributed by atoms with Gasteiger partial charge in [0.25, 0.3) is 10.1 Å². The number of hydrogen-bond acceptors (Lipinski definition) is 2. The van der Waals surface area contributed by atoms with Crippen LogP contribution in [-0.2, 0) is 23.0 Å². The van der Waals surface area contributed by atoms with E-state index >= 15 is 0 Å². The van der Waals surface area contributed by atoms with Crippen LogP contribution in [0.5, 0.6) is 0 Å². The van der Waals surface area contributed by atoms with E-state index < -0.39 is 10.1 Å². The summed E-state index contributed by atoms with van der Waals surface area (Å²) in [5, 5.41) is 1.68. The minimum absolute atomic E-state index is 0.0452. The molecule has 0 saturated carbocycles. The Kier molecular flexibility index (Phi) is 6.81. The van der Waals surface area contributed by atoms with Gasteiger partial charge in [-0.3, -0.25) is 4.55 Å². The normalized spacial score (nSPS) is 12.0. The van der Waals surface area contributed by atoms with Crippen molar-refractivity contribution in [3.8, 4) is 0 Å². The van der Waals surface area contributed by atoms with Crippen LogP contribution in [0.15, 0.2) is 35.2 Å². The molecule has 2 aromatic carbocycles. The van der Waals surface area contributed by atoms with Gasteiger partial charge in [0, 0.05) is 5.39 Å². The van der Waals surface area contributed by atoms with Crippen LogP contribution in [0.2, 0.25) is 0 Å². The van der Waals surface area contributed by atoms with Crippen molar-refractivity contribution in [1.82, 2.24) is 0 Å². The van der Waals surface area contributed by atoms with Crippen molar-refractivity contribution in [2.45, 2.75) is 70.1 Å². The molecule has 2 aromatic rings. The van der Waals surface area contributed by atoms with Gasteiger partial charge in [-0.05, 0) is 48.3 Å². The Bertz CT molecular complexity index is 779. The zero-order valence-electron chi connectivity index (χ0n) is 14.7. The molecule has 0 heterocycles. The molecule has 0 atom stereocenters. The third-order valence-corrected chi connectivity index (χ3v) is 5.45. The van der Waals surface area contributed by atoms with Crippen molar-refractivity contribution in [3.63, 3.8) is 0 Å². The molecule has 0 fully saturated rings. The SMILES string of the molecule is CCCCCc1ccc(CCCCC)c2c(S(=O)(=O)O)cccc12. The van der Waals surface area contributed by atoms with Crippen molar-refractivity contribution in [1.29, 1.82) is 0 Å². The second-order valence-corrected chi connectivity index (χ2v) is 7.84. The summed E-state index contributed by atoms with van der Waals surface area (Å²) in [6.45, 7) is 4.32. The van der Waals surface area contributed by atoms with Crippen molar-refractivity contribution in [2.24, 2.45) is 0 Å². The Balaban J connectivity index is 2.55. The van der Waals surface area contributed by atoms with Crippen LogP contribution in [-0.4, -0.2) is 13.0 Å². The lowest BCUT2D eigenvalue weighted by molar-refractivity contribution is 0.484.